The first-order chi connectivity index (χ1) is 18.5. The van der Waals surface area contributed by atoms with Crippen LogP contribution in [0.3, 0.4) is 0 Å². The predicted octanol–water partition coefficient (Wildman–Crippen LogP) is 6.02. The van der Waals surface area contributed by atoms with Gasteiger partial charge in [0.2, 0.25) is 11.8 Å². The van der Waals surface area contributed by atoms with Crippen molar-refractivity contribution in [3.05, 3.63) is 88.9 Å². The minimum absolute atomic E-state index is 0.0115. The normalized spacial score (nSPS) is 13.4. The number of rotatable bonds is 10. The van der Waals surface area contributed by atoms with Crippen LogP contribution in [0.15, 0.2) is 72.8 Å². The molecular weight excluding hydrogens is 500 g/mol. The van der Waals surface area contributed by atoms with Crippen molar-refractivity contribution in [1.82, 2.24) is 5.32 Å². The molecule has 38 heavy (non-hydrogen) atoms. The quantitative estimate of drug-likeness (QED) is 0.256. The average Bonchev–Trinajstić information content (AvgIpc) is 2.93. The molecule has 0 spiro atoms. The Balaban J connectivity index is 1.26. The van der Waals surface area contributed by atoms with Gasteiger partial charge >= 0.3 is 0 Å². The van der Waals surface area contributed by atoms with Crippen molar-refractivity contribution in [2.45, 2.75) is 51.0 Å². The first kappa shape index (κ1) is 27.2. The van der Waals surface area contributed by atoms with Crippen molar-refractivity contribution in [2.75, 3.05) is 22.5 Å². The lowest BCUT2D eigenvalue weighted by molar-refractivity contribution is -0.116. The third-order valence-electron chi connectivity index (χ3n) is 6.52. The molecule has 3 aromatic carbocycles. The van der Waals surface area contributed by atoms with Crippen molar-refractivity contribution in [2.24, 2.45) is 0 Å². The van der Waals surface area contributed by atoms with Crippen molar-refractivity contribution >= 4 is 46.4 Å². The van der Waals surface area contributed by atoms with Crippen LogP contribution < -0.4 is 21.3 Å². The van der Waals surface area contributed by atoms with E-state index in [4.69, 9.17) is 11.6 Å². The van der Waals surface area contributed by atoms with Gasteiger partial charge in [-0.2, -0.15) is 0 Å². The van der Waals surface area contributed by atoms with Crippen molar-refractivity contribution < 1.29 is 14.4 Å². The van der Waals surface area contributed by atoms with Gasteiger partial charge in [0.15, 0.2) is 0 Å². The lowest BCUT2D eigenvalue weighted by atomic mass is 9.95. The topological polar surface area (TPSA) is 99.3 Å². The molecule has 0 radical (unpaired) electrons. The van der Waals surface area contributed by atoms with E-state index in [0.717, 1.165) is 31.2 Å². The summed E-state index contributed by atoms with van der Waals surface area (Å²) in [6.07, 6.45) is 6.44. The van der Waals surface area contributed by atoms with Crippen LogP contribution in [-0.4, -0.2) is 30.3 Å². The smallest absolute Gasteiger partial charge is 0.253 e. The zero-order chi connectivity index (χ0) is 26.7. The minimum Gasteiger partial charge on any atom is -0.376 e. The van der Waals surface area contributed by atoms with Gasteiger partial charge in [-0.1, -0.05) is 67.3 Å². The van der Waals surface area contributed by atoms with E-state index in [1.54, 1.807) is 30.3 Å². The van der Waals surface area contributed by atoms with Crippen molar-refractivity contribution in [1.29, 1.82) is 0 Å². The number of carbonyl (C=O) groups excluding carboxylic acids is 3. The SMILES string of the molecule is O=C(CCc1ccccc1)Nc1cccc(NCC(=O)Nc2ccc(Cl)c(C(=O)NC3CCCCC3)c2)c1. The Bertz CT molecular complexity index is 1260. The standard InChI is InChI=1S/C30H33ClN4O3/c31-27-16-15-25(19-26(27)30(38)35-22-10-5-2-6-11-22)34-29(37)20-32-23-12-7-13-24(18-23)33-28(36)17-14-21-8-3-1-4-9-21/h1,3-4,7-9,12-13,15-16,18-19,22,32H,2,5-6,10-11,14,17,20H2,(H,33,36)(H,34,37)(H,35,38). The third kappa shape index (κ3) is 8.35. The lowest BCUT2D eigenvalue weighted by Crippen LogP contribution is -2.36. The van der Waals surface area contributed by atoms with E-state index in [0.29, 0.717) is 40.5 Å². The number of nitrogens with one attached hydrogen (secondary N) is 4. The van der Waals surface area contributed by atoms with Crippen LogP contribution in [0.2, 0.25) is 5.02 Å². The van der Waals surface area contributed by atoms with E-state index < -0.39 is 0 Å². The second kappa shape index (κ2) is 13.6. The fourth-order valence-electron chi connectivity index (χ4n) is 4.51. The van der Waals surface area contributed by atoms with Gasteiger partial charge in [-0.25, -0.2) is 0 Å². The van der Waals surface area contributed by atoms with E-state index in [9.17, 15) is 14.4 Å². The first-order valence-electron chi connectivity index (χ1n) is 13.0. The molecule has 8 heteroatoms. The van der Waals surface area contributed by atoms with Crippen molar-refractivity contribution in [3.63, 3.8) is 0 Å². The van der Waals surface area contributed by atoms with Gasteiger partial charge in [-0.15, -0.1) is 0 Å². The molecule has 0 bridgehead atoms. The molecule has 0 aliphatic heterocycles. The fourth-order valence-corrected chi connectivity index (χ4v) is 4.71. The zero-order valence-electron chi connectivity index (χ0n) is 21.3. The molecule has 1 aliphatic carbocycles. The molecule has 0 saturated heterocycles. The summed E-state index contributed by atoms with van der Waals surface area (Å²) in [6.45, 7) is 0.0115. The molecule has 3 amide bonds. The van der Waals surface area contributed by atoms with E-state index in [2.05, 4.69) is 21.3 Å². The maximum absolute atomic E-state index is 12.8. The average molecular weight is 533 g/mol. The highest BCUT2D eigenvalue weighted by atomic mass is 35.5. The summed E-state index contributed by atoms with van der Waals surface area (Å²) in [6, 6.07) is 22.1. The molecule has 3 aromatic rings. The highest BCUT2D eigenvalue weighted by Gasteiger charge is 2.19. The number of carbonyl (C=O) groups is 3. The molecule has 4 N–H and O–H groups in total. The Morgan fingerprint density at radius 1 is 0.763 bits per heavy atom. The van der Waals surface area contributed by atoms with Gasteiger partial charge in [0.05, 0.1) is 17.1 Å². The second-order valence-corrected chi connectivity index (χ2v) is 9.93. The van der Waals surface area contributed by atoms with Crippen LogP contribution in [0.1, 0.15) is 54.4 Å². The summed E-state index contributed by atoms with van der Waals surface area (Å²) in [5.41, 5.74) is 3.30. The lowest BCUT2D eigenvalue weighted by Gasteiger charge is -2.23. The number of anilines is 3. The summed E-state index contributed by atoms with van der Waals surface area (Å²) >= 11 is 6.27. The molecule has 1 aliphatic rings. The van der Waals surface area contributed by atoms with Gasteiger partial charge in [-0.3, -0.25) is 14.4 Å². The van der Waals surface area contributed by atoms with Gasteiger partial charge < -0.3 is 21.3 Å². The maximum Gasteiger partial charge on any atom is 0.253 e. The number of hydrogen-bond acceptors (Lipinski definition) is 4. The molecular formula is C30H33ClN4O3. The molecule has 7 nitrogen and oxygen atoms in total. The maximum atomic E-state index is 12.8. The summed E-state index contributed by atoms with van der Waals surface area (Å²) in [7, 11) is 0. The van der Waals surface area contributed by atoms with Crippen LogP contribution in [0, 0.1) is 0 Å². The van der Waals surface area contributed by atoms with E-state index in [1.165, 1.54) is 6.42 Å². The molecule has 0 aromatic heterocycles. The van der Waals surface area contributed by atoms with E-state index >= 15 is 0 Å². The van der Waals surface area contributed by atoms with Crippen LogP contribution in [0.4, 0.5) is 17.1 Å². The second-order valence-electron chi connectivity index (χ2n) is 9.52. The van der Waals surface area contributed by atoms with Crippen LogP contribution in [-0.2, 0) is 16.0 Å². The van der Waals surface area contributed by atoms with Gasteiger partial charge in [0.25, 0.3) is 5.91 Å². The summed E-state index contributed by atoms with van der Waals surface area (Å²) in [5.74, 6) is -0.572. The van der Waals surface area contributed by atoms with Gasteiger partial charge in [-0.05, 0) is 61.2 Å². The first-order valence-corrected chi connectivity index (χ1v) is 13.4. The van der Waals surface area contributed by atoms with Gasteiger partial charge in [0.1, 0.15) is 0 Å². The Labute approximate surface area is 228 Å². The number of benzene rings is 3. The molecule has 1 saturated carbocycles. The zero-order valence-corrected chi connectivity index (χ0v) is 22.0. The van der Waals surface area contributed by atoms with E-state index in [-0.39, 0.29) is 30.3 Å². The Morgan fingerprint density at radius 3 is 2.26 bits per heavy atom. The predicted molar refractivity (Wildman–Crippen MR) is 153 cm³/mol. The number of hydrogen-bond donors (Lipinski definition) is 4. The van der Waals surface area contributed by atoms with Crippen molar-refractivity contribution in [3.8, 4) is 0 Å². The highest BCUT2D eigenvalue weighted by molar-refractivity contribution is 6.34. The summed E-state index contributed by atoms with van der Waals surface area (Å²) < 4.78 is 0. The Kier molecular flexibility index (Phi) is 9.76. The number of aryl methyl sites for hydroxylation is 1. The molecule has 0 unspecified atom stereocenters. The Hall–Kier alpha value is -3.84. The molecule has 198 valence electrons. The Morgan fingerprint density at radius 2 is 1.47 bits per heavy atom. The number of amides is 3. The summed E-state index contributed by atoms with van der Waals surface area (Å²) in [5, 5.41) is 12.2. The monoisotopic (exact) mass is 532 g/mol. The fraction of sp³-hybridized carbons (Fsp3) is 0.300. The van der Waals surface area contributed by atoms with Crippen LogP contribution in [0.25, 0.3) is 0 Å². The third-order valence-corrected chi connectivity index (χ3v) is 6.85. The molecule has 4 rings (SSSR count). The summed E-state index contributed by atoms with van der Waals surface area (Å²) in [4.78, 5) is 37.7. The minimum atomic E-state index is -0.275. The molecule has 0 atom stereocenters. The van der Waals surface area contributed by atoms with Crippen LogP contribution >= 0.6 is 11.6 Å². The highest BCUT2D eigenvalue weighted by Crippen LogP contribution is 2.23. The number of halogens is 1. The molecule has 1 fully saturated rings. The van der Waals surface area contributed by atoms with E-state index in [1.807, 2.05) is 42.5 Å². The van der Waals surface area contributed by atoms with Crippen LogP contribution in [0.5, 0.6) is 0 Å². The van der Waals surface area contributed by atoms with Gasteiger partial charge in [0, 0.05) is 29.5 Å². The largest absolute Gasteiger partial charge is 0.376 e. The molecule has 0 heterocycles.